The normalized spacial score (nSPS) is 20.5. The van der Waals surface area contributed by atoms with Crippen molar-refractivity contribution in [1.29, 1.82) is 0 Å². The molecule has 3 rings (SSSR count). The van der Waals surface area contributed by atoms with Crippen LogP contribution in [-0.2, 0) is 11.3 Å². The number of piperidine rings is 1. The number of hydrogen-bond acceptors (Lipinski definition) is 3. The number of aryl methyl sites for hydroxylation is 1. The molecule has 22 heavy (non-hydrogen) atoms. The van der Waals surface area contributed by atoms with Crippen molar-refractivity contribution in [2.45, 2.75) is 32.2 Å². The number of hydrogen-bond donors (Lipinski definition) is 1. The molecule has 3 heterocycles. The fourth-order valence-corrected chi connectivity index (χ4v) is 3.88. The van der Waals surface area contributed by atoms with Crippen molar-refractivity contribution < 1.29 is 4.79 Å². The molecule has 5 nitrogen and oxygen atoms in total. The third-order valence-electron chi connectivity index (χ3n) is 5.02. The Kier molecular flexibility index (Phi) is 4.68. The van der Waals surface area contributed by atoms with Crippen LogP contribution in [0, 0.1) is 5.41 Å². The Bertz CT molecular complexity index is 598. The second kappa shape index (κ2) is 6.54. The molecule has 0 atom stereocenters. The van der Waals surface area contributed by atoms with Crippen LogP contribution in [0.5, 0.6) is 0 Å². The first kappa shape index (κ1) is 15.7. The maximum Gasteiger partial charge on any atom is 0.250 e. The number of nitrogens with zero attached hydrogens (tertiary/aromatic N) is 2. The van der Waals surface area contributed by atoms with Crippen molar-refractivity contribution in [3.05, 3.63) is 33.2 Å². The van der Waals surface area contributed by atoms with Crippen LogP contribution in [0.15, 0.2) is 27.6 Å². The Morgan fingerprint density at radius 2 is 2.05 bits per heavy atom. The standard InChI is InChI=1S/C16H22BrN3O2/c17-13-1-2-14(21)20(11-13)8-3-15(22)19-9-5-16(6-10-19)4-7-18-12-16/h1-2,11,18H,3-10,12H2. The quantitative estimate of drug-likeness (QED) is 0.882. The second-order valence-electron chi connectivity index (χ2n) is 6.44. The van der Waals surface area contributed by atoms with Crippen LogP contribution in [0.25, 0.3) is 0 Å². The van der Waals surface area contributed by atoms with Crippen LogP contribution in [0.4, 0.5) is 0 Å². The predicted molar refractivity (Wildman–Crippen MR) is 88.8 cm³/mol. The van der Waals surface area contributed by atoms with E-state index in [2.05, 4.69) is 21.2 Å². The first-order chi connectivity index (χ1) is 10.6. The van der Waals surface area contributed by atoms with Gasteiger partial charge in [0.1, 0.15) is 0 Å². The second-order valence-corrected chi connectivity index (χ2v) is 7.35. The van der Waals surface area contributed by atoms with Gasteiger partial charge >= 0.3 is 0 Å². The largest absolute Gasteiger partial charge is 0.343 e. The maximum absolute atomic E-state index is 12.4. The van der Waals surface area contributed by atoms with Crippen LogP contribution in [0.2, 0.25) is 0 Å². The SMILES string of the molecule is O=C(CCn1cc(Br)ccc1=O)N1CCC2(CCNC2)CC1. The predicted octanol–water partition coefficient (Wildman–Crippen LogP) is 1.60. The Morgan fingerprint density at radius 3 is 2.73 bits per heavy atom. The molecule has 2 aliphatic rings. The zero-order valence-electron chi connectivity index (χ0n) is 12.7. The lowest BCUT2D eigenvalue weighted by molar-refractivity contribution is -0.133. The number of rotatable bonds is 3. The van der Waals surface area contributed by atoms with Crippen LogP contribution in [-0.4, -0.2) is 41.6 Å². The summed E-state index contributed by atoms with van der Waals surface area (Å²) in [6.07, 6.45) is 5.57. The van der Waals surface area contributed by atoms with E-state index in [0.717, 1.165) is 43.5 Å². The van der Waals surface area contributed by atoms with Gasteiger partial charge in [-0.15, -0.1) is 0 Å². The summed E-state index contributed by atoms with van der Waals surface area (Å²) in [7, 11) is 0. The zero-order valence-corrected chi connectivity index (χ0v) is 14.3. The third-order valence-corrected chi connectivity index (χ3v) is 5.49. The van der Waals surface area contributed by atoms with E-state index in [1.165, 1.54) is 12.5 Å². The smallest absolute Gasteiger partial charge is 0.250 e. The summed E-state index contributed by atoms with van der Waals surface area (Å²) in [5.41, 5.74) is 0.364. The molecule has 1 amide bonds. The number of carbonyl (C=O) groups is 1. The summed E-state index contributed by atoms with van der Waals surface area (Å²) >= 11 is 3.35. The highest BCUT2D eigenvalue weighted by molar-refractivity contribution is 9.10. The van der Waals surface area contributed by atoms with Crippen molar-refractivity contribution in [1.82, 2.24) is 14.8 Å². The van der Waals surface area contributed by atoms with Crippen LogP contribution in [0.1, 0.15) is 25.7 Å². The molecular weight excluding hydrogens is 346 g/mol. The van der Waals surface area contributed by atoms with Gasteiger partial charge in [0.25, 0.3) is 5.56 Å². The molecule has 0 aliphatic carbocycles. The Labute approximate surface area is 138 Å². The molecule has 1 aromatic rings. The third kappa shape index (κ3) is 3.43. The van der Waals surface area contributed by atoms with Gasteiger partial charge in [0.2, 0.25) is 5.91 Å². The minimum Gasteiger partial charge on any atom is -0.343 e. The van der Waals surface area contributed by atoms with Gasteiger partial charge in [-0.3, -0.25) is 9.59 Å². The van der Waals surface area contributed by atoms with E-state index in [1.54, 1.807) is 16.8 Å². The van der Waals surface area contributed by atoms with Crippen LogP contribution >= 0.6 is 15.9 Å². The highest BCUT2D eigenvalue weighted by atomic mass is 79.9. The Hall–Kier alpha value is -1.14. The number of pyridine rings is 1. The van der Waals surface area contributed by atoms with Gasteiger partial charge in [0.05, 0.1) is 0 Å². The summed E-state index contributed by atoms with van der Waals surface area (Å²) in [5, 5.41) is 3.44. The number of aromatic nitrogens is 1. The fraction of sp³-hybridized carbons (Fsp3) is 0.625. The highest BCUT2D eigenvalue weighted by Gasteiger charge is 2.37. The molecule has 2 saturated heterocycles. The molecule has 2 aliphatic heterocycles. The molecule has 6 heteroatoms. The van der Waals surface area contributed by atoms with E-state index in [4.69, 9.17) is 0 Å². The van der Waals surface area contributed by atoms with E-state index in [1.807, 2.05) is 4.90 Å². The van der Waals surface area contributed by atoms with Crippen molar-refractivity contribution >= 4 is 21.8 Å². The van der Waals surface area contributed by atoms with Gasteiger partial charge in [0, 0.05) is 49.3 Å². The number of amides is 1. The van der Waals surface area contributed by atoms with E-state index in [0.29, 0.717) is 18.4 Å². The van der Waals surface area contributed by atoms with Gasteiger partial charge < -0.3 is 14.8 Å². The van der Waals surface area contributed by atoms with E-state index in [9.17, 15) is 9.59 Å². The molecule has 0 radical (unpaired) electrons. The van der Waals surface area contributed by atoms with Crippen molar-refractivity contribution in [3.8, 4) is 0 Å². The first-order valence-electron chi connectivity index (χ1n) is 7.93. The van der Waals surface area contributed by atoms with Crippen molar-refractivity contribution in [2.75, 3.05) is 26.2 Å². The molecule has 0 unspecified atom stereocenters. The fourth-order valence-electron chi connectivity index (χ4n) is 3.50. The monoisotopic (exact) mass is 367 g/mol. The molecule has 0 saturated carbocycles. The molecule has 1 spiro atoms. The highest BCUT2D eigenvalue weighted by Crippen LogP contribution is 2.36. The van der Waals surface area contributed by atoms with E-state index in [-0.39, 0.29) is 11.5 Å². The Balaban J connectivity index is 1.52. The number of likely N-dealkylation sites (tertiary alicyclic amines) is 1. The zero-order chi connectivity index (χ0) is 15.6. The molecule has 1 aromatic heterocycles. The van der Waals surface area contributed by atoms with Crippen molar-refractivity contribution in [2.24, 2.45) is 5.41 Å². The lowest BCUT2D eigenvalue weighted by Gasteiger charge is -2.39. The summed E-state index contributed by atoms with van der Waals surface area (Å²) < 4.78 is 2.45. The van der Waals surface area contributed by atoms with Crippen LogP contribution in [0.3, 0.4) is 0 Å². The Morgan fingerprint density at radius 1 is 1.27 bits per heavy atom. The van der Waals surface area contributed by atoms with Gasteiger partial charge in [0.15, 0.2) is 0 Å². The number of halogens is 1. The summed E-state index contributed by atoms with van der Waals surface area (Å²) in [5.74, 6) is 0.160. The summed E-state index contributed by atoms with van der Waals surface area (Å²) in [6.45, 7) is 4.37. The lowest BCUT2D eigenvalue weighted by atomic mass is 9.78. The molecule has 0 bridgehead atoms. The van der Waals surface area contributed by atoms with Gasteiger partial charge in [-0.25, -0.2) is 0 Å². The minimum absolute atomic E-state index is 0.0642. The maximum atomic E-state index is 12.4. The summed E-state index contributed by atoms with van der Waals surface area (Å²) in [4.78, 5) is 26.1. The van der Waals surface area contributed by atoms with Crippen molar-refractivity contribution in [3.63, 3.8) is 0 Å². The van der Waals surface area contributed by atoms with E-state index >= 15 is 0 Å². The lowest BCUT2D eigenvalue weighted by Crippen LogP contribution is -2.44. The minimum atomic E-state index is -0.0642. The average Bonchev–Trinajstić information content (AvgIpc) is 2.97. The van der Waals surface area contributed by atoms with Gasteiger partial charge in [-0.1, -0.05) is 0 Å². The molecule has 1 N–H and O–H groups in total. The summed E-state index contributed by atoms with van der Waals surface area (Å²) in [6, 6.07) is 3.24. The average molecular weight is 368 g/mol. The molecule has 120 valence electrons. The van der Waals surface area contributed by atoms with Gasteiger partial charge in [-0.05, 0) is 53.2 Å². The van der Waals surface area contributed by atoms with Gasteiger partial charge in [-0.2, -0.15) is 0 Å². The molecule has 2 fully saturated rings. The van der Waals surface area contributed by atoms with E-state index < -0.39 is 0 Å². The first-order valence-corrected chi connectivity index (χ1v) is 8.72. The van der Waals surface area contributed by atoms with Crippen LogP contribution < -0.4 is 10.9 Å². The molecule has 0 aromatic carbocycles. The number of nitrogens with one attached hydrogen (secondary N) is 1. The topological polar surface area (TPSA) is 54.3 Å². The molecular formula is C16H22BrN3O2. The number of carbonyl (C=O) groups excluding carboxylic acids is 1.